The average molecular weight is 382 g/mol. The normalized spacial score (nSPS) is 17.2. The van der Waals surface area contributed by atoms with Crippen molar-refractivity contribution in [3.8, 4) is 0 Å². The summed E-state index contributed by atoms with van der Waals surface area (Å²) < 4.78 is 42.9. The number of aromatic nitrogens is 2. The molecule has 0 unspecified atom stereocenters. The monoisotopic (exact) mass is 382 g/mol. The van der Waals surface area contributed by atoms with Crippen molar-refractivity contribution >= 4 is 21.5 Å². The third-order valence-electron chi connectivity index (χ3n) is 4.69. The maximum absolute atomic E-state index is 13.5. The first-order valence-corrected chi connectivity index (χ1v) is 9.39. The van der Waals surface area contributed by atoms with Crippen LogP contribution in [0.1, 0.15) is 18.9 Å². The van der Waals surface area contributed by atoms with E-state index >= 15 is 0 Å². The van der Waals surface area contributed by atoms with Crippen molar-refractivity contribution in [2.75, 3.05) is 10.0 Å². The Labute approximate surface area is 149 Å². The fourth-order valence-electron chi connectivity index (χ4n) is 3.22. The molecule has 2 aromatic rings. The molecule has 3 rings (SSSR count). The molecule has 0 radical (unpaired) electrons. The van der Waals surface area contributed by atoms with Crippen LogP contribution in [0.3, 0.4) is 0 Å². The zero-order valence-electron chi connectivity index (χ0n) is 14.6. The molecule has 2 heterocycles. The Balaban J connectivity index is 2.32. The molecule has 0 bridgehead atoms. The minimum Gasteiger partial charge on any atom is -0.384 e. The van der Waals surface area contributed by atoms with Gasteiger partial charge >= 0.3 is 5.69 Å². The van der Waals surface area contributed by atoms with Gasteiger partial charge in [-0.15, -0.1) is 0 Å². The number of hydrogen-bond acceptors (Lipinski definition) is 5. The van der Waals surface area contributed by atoms with Gasteiger partial charge in [0.1, 0.15) is 11.6 Å². The summed E-state index contributed by atoms with van der Waals surface area (Å²) in [5.74, 6) is -0.896. The zero-order chi connectivity index (χ0) is 19.4. The van der Waals surface area contributed by atoms with Gasteiger partial charge in [-0.05, 0) is 43.5 Å². The zero-order valence-corrected chi connectivity index (χ0v) is 15.4. The van der Waals surface area contributed by atoms with Gasteiger partial charge < -0.3 is 5.73 Å². The Morgan fingerprint density at radius 3 is 2.50 bits per heavy atom. The van der Waals surface area contributed by atoms with Crippen molar-refractivity contribution in [2.24, 2.45) is 14.1 Å². The van der Waals surface area contributed by atoms with Crippen LogP contribution < -0.4 is 21.3 Å². The molecule has 10 heteroatoms. The van der Waals surface area contributed by atoms with E-state index in [1.54, 1.807) is 6.92 Å². The number of aryl methyl sites for hydroxylation is 1. The lowest BCUT2D eigenvalue weighted by Crippen LogP contribution is -2.47. The summed E-state index contributed by atoms with van der Waals surface area (Å²) in [5, 5.41) is 0. The van der Waals surface area contributed by atoms with E-state index in [1.165, 1.54) is 32.3 Å². The molecule has 26 heavy (non-hydrogen) atoms. The van der Waals surface area contributed by atoms with E-state index in [0.29, 0.717) is 28.7 Å². The molecule has 1 aliphatic heterocycles. The Hall–Kier alpha value is -2.62. The van der Waals surface area contributed by atoms with Crippen molar-refractivity contribution in [2.45, 2.75) is 30.7 Å². The van der Waals surface area contributed by atoms with E-state index in [4.69, 9.17) is 5.73 Å². The largest absolute Gasteiger partial charge is 0.384 e. The molecule has 0 aliphatic carbocycles. The van der Waals surface area contributed by atoms with Gasteiger partial charge in [-0.1, -0.05) is 0 Å². The van der Waals surface area contributed by atoms with Crippen molar-refractivity contribution in [3.05, 3.63) is 50.4 Å². The maximum atomic E-state index is 13.5. The van der Waals surface area contributed by atoms with Crippen LogP contribution in [0.25, 0.3) is 0 Å². The molecule has 0 saturated heterocycles. The van der Waals surface area contributed by atoms with Crippen molar-refractivity contribution in [1.82, 2.24) is 9.13 Å². The van der Waals surface area contributed by atoms with Crippen LogP contribution >= 0.6 is 0 Å². The van der Waals surface area contributed by atoms with Gasteiger partial charge in [0, 0.05) is 20.1 Å². The molecule has 2 N–H and O–H groups in total. The van der Waals surface area contributed by atoms with Crippen LogP contribution in [0.15, 0.2) is 32.7 Å². The number of halogens is 1. The van der Waals surface area contributed by atoms with E-state index in [9.17, 15) is 22.4 Å². The van der Waals surface area contributed by atoms with E-state index in [1.807, 2.05) is 0 Å². The molecule has 1 aliphatic rings. The lowest BCUT2D eigenvalue weighted by molar-refractivity contribution is 0.554. The molecule has 1 aromatic carbocycles. The topological polar surface area (TPSA) is 107 Å². The summed E-state index contributed by atoms with van der Waals surface area (Å²) >= 11 is 0. The first kappa shape index (κ1) is 18.2. The molecule has 0 amide bonds. The SMILES string of the molecule is C[C@H]1CCc2cc(F)ccc2N1S(=O)(=O)c1c(N)n(C)c(=O)n(C)c1=O. The first-order valence-electron chi connectivity index (χ1n) is 7.95. The van der Waals surface area contributed by atoms with Crippen molar-refractivity contribution in [1.29, 1.82) is 0 Å². The molecule has 0 saturated carbocycles. The van der Waals surface area contributed by atoms with Crippen molar-refractivity contribution in [3.63, 3.8) is 0 Å². The predicted molar refractivity (Wildman–Crippen MR) is 95.2 cm³/mol. The number of nitrogens with zero attached hydrogens (tertiary/aromatic N) is 3. The van der Waals surface area contributed by atoms with E-state index in [2.05, 4.69) is 0 Å². The summed E-state index contributed by atoms with van der Waals surface area (Å²) in [6, 6.07) is 3.37. The first-order chi connectivity index (χ1) is 12.1. The Bertz CT molecular complexity index is 1120. The highest BCUT2D eigenvalue weighted by atomic mass is 32.2. The van der Waals surface area contributed by atoms with Crippen LogP contribution in [0, 0.1) is 5.82 Å². The average Bonchev–Trinajstić information content (AvgIpc) is 2.58. The predicted octanol–water partition coefficient (Wildman–Crippen LogP) is 0.335. The van der Waals surface area contributed by atoms with Crippen LogP contribution in [0.5, 0.6) is 0 Å². The molecule has 140 valence electrons. The van der Waals surface area contributed by atoms with E-state index in [0.717, 1.165) is 8.87 Å². The van der Waals surface area contributed by atoms with Crippen LogP contribution in [-0.4, -0.2) is 23.6 Å². The number of nitrogens with two attached hydrogens (primary N) is 1. The second kappa shape index (κ2) is 5.97. The minimum atomic E-state index is -4.37. The number of rotatable bonds is 2. The van der Waals surface area contributed by atoms with Gasteiger partial charge in [-0.3, -0.25) is 18.2 Å². The fraction of sp³-hybridized carbons (Fsp3) is 0.375. The third kappa shape index (κ3) is 2.52. The summed E-state index contributed by atoms with van der Waals surface area (Å²) in [4.78, 5) is 23.8. The number of hydrogen-bond donors (Lipinski definition) is 1. The van der Waals surface area contributed by atoms with Gasteiger partial charge in [0.15, 0.2) is 4.90 Å². The molecular weight excluding hydrogens is 363 g/mol. The second-order valence-electron chi connectivity index (χ2n) is 6.38. The Morgan fingerprint density at radius 1 is 1.19 bits per heavy atom. The van der Waals surface area contributed by atoms with E-state index in [-0.39, 0.29) is 0 Å². The Kier molecular flexibility index (Phi) is 4.18. The van der Waals surface area contributed by atoms with Gasteiger partial charge in [0.05, 0.1) is 5.69 Å². The molecular formula is C16H19FN4O4S. The molecule has 0 spiro atoms. The third-order valence-corrected chi connectivity index (χ3v) is 6.67. The standard InChI is InChI=1S/C16H19FN4O4S/c1-9-4-5-10-8-11(17)6-7-12(10)21(9)26(24,25)13-14(18)19(2)16(23)20(3)15(13)22/h6-9H,4-5,18H2,1-3H3/t9-/m0/s1. The highest BCUT2D eigenvalue weighted by Crippen LogP contribution is 2.35. The summed E-state index contributed by atoms with van der Waals surface area (Å²) in [6.45, 7) is 1.70. The van der Waals surface area contributed by atoms with Gasteiger partial charge in [-0.2, -0.15) is 0 Å². The molecule has 1 atom stereocenters. The van der Waals surface area contributed by atoms with Crippen LogP contribution in [0.4, 0.5) is 15.9 Å². The summed E-state index contributed by atoms with van der Waals surface area (Å²) in [6.07, 6.45) is 0.975. The van der Waals surface area contributed by atoms with Gasteiger partial charge in [0.25, 0.3) is 15.6 Å². The highest BCUT2D eigenvalue weighted by Gasteiger charge is 2.38. The number of anilines is 2. The lowest BCUT2D eigenvalue weighted by Gasteiger charge is -2.36. The summed E-state index contributed by atoms with van der Waals surface area (Å²) in [7, 11) is -1.89. The Morgan fingerprint density at radius 2 is 1.85 bits per heavy atom. The van der Waals surface area contributed by atoms with Gasteiger partial charge in [-0.25, -0.2) is 17.6 Å². The van der Waals surface area contributed by atoms with Gasteiger partial charge in [0.2, 0.25) is 0 Å². The number of nitrogen functional groups attached to an aromatic ring is 1. The maximum Gasteiger partial charge on any atom is 0.332 e. The fourth-order valence-corrected chi connectivity index (χ4v) is 5.20. The quantitative estimate of drug-likeness (QED) is 0.806. The van der Waals surface area contributed by atoms with Crippen LogP contribution in [-0.2, 0) is 30.5 Å². The lowest BCUT2D eigenvalue weighted by atomic mass is 9.99. The smallest absolute Gasteiger partial charge is 0.332 e. The molecule has 0 fully saturated rings. The molecule has 8 nitrogen and oxygen atoms in total. The number of sulfonamides is 1. The highest BCUT2D eigenvalue weighted by molar-refractivity contribution is 7.93. The summed E-state index contributed by atoms with van der Waals surface area (Å²) in [5.41, 5.74) is 4.94. The molecule has 1 aromatic heterocycles. The number of benzene rings is 1. The van der Waals surface area contributed by atoms with Crippen molar-refractivity contribution < 1.29 is 12.8 Å². The van der Waals surface area contributed by atoms with Crippen LogP contribution in [0.2, 0.25) is 0 Å². The second-order valence-corrected chi connectivity index (χ2v) is 8.13. The number of fused-ring (bicyclic) bond motifs is 1. The van der Waals surface area contributed by atoms with E-state index < -0.39 is 43.8 Å². The minimum absolute atomic E-state index is 0.306.